The van der Waals surface area contributed by atoms with E-state index in [1.807, 2.05) is 66.3 Å². The van der Waals surface area contributed by atoms with Crippen molar-refractivity contribution in [3.05, 3.63) is 65.3 Å². The molecular formula is C20H18N4OS2. The van der Waals surface area contributed by atoms with E-state index >= 15 is 0 Å². The first kappa shape index (κ1) is 17.8. The molecule has 3 heterocycles. The van der Waals surface area contributed by atoms with Crippen LogP contribution in [-0.4, -0.2) is 26.3 Å². The summed E-state index contributed by atoms with van der Waals surface area (Å²) in [5.41, 5.74) is 4.83. The minimum absolute atomic E-state index is 0.0424. The van der Waals surface area contributed by atoms with Crippen LogP contribution in [0.3, 0.4) is 0 Å². The lowest BCUT2D eigenvalue weighted by Crippen LogP contribution is -2.15. The number of amides is 1. The summed E-state index contributed by atoms with van der Waals surface area (Å²) in [6.07, 6.45) is 3.54. The van der Waals surface area contributed by atoms with Gasteiger partial charge in [0.2, 0.25) is 5.91 Å². The lowest BCUT2D eigenvalue weighted by Gasteiger charge is -2.11. The average Bonchev–Trinajstić information content (AvgIpc) is 3.32. The number of nitrogens with zero attached hydrogens (tertiary/aromatic N) is 3. The predicted molar refractivity (Wildman–Crippen MR) is 112 cm³/mol. The summed E-state index contributed by atoms with van der Waals surface area (Å²) in [7, 11) is 0. The Bertz CT molecular complexity index is 1080. The minimum atomic E-state index is -0.0424. The standard InChI is InChI=1S/C20H18N4OS2/c1-13-5-3-6-14(2)19(13)22-18(25)12-27-20-16-11-15(17-7-4-10-26-17)23-24(16)9-8-21-20/h3-11H,12H2,1-2H3,(H,22,25). The van der Waals surface area contributed by atoms with Gasteiger partial charge in [-0.1, -0.05) is 36.0 Å². The molecule has 136 valence electrons. The maximum absolute atomic E-state index is 12.4. The molecule has 0 radical (unpaired) electrons. The van der Waals surface area contributed by atoms with Crippen molar-refractivity contribution in [1.29, 1.82) is 0 Å². The second-order valence-electron chi connectivity index (χ2n) is 6.17. The van der Waals surface area contributed by atoms with Crippen molar-refractivity contribution in [1.82, 2.24) is 14.6 Å². The van der Waals surface area contributed by atoms with Crippen LogP contribution < -0.4 is 5.32 Å². The zero-order valence-corrected chi connectivity index (χ0v) is 16.6. The van der Waals surface area contributed by atoms with Crippen molar-refractivity contribution in [2.24, 2.45) is 0 Å². The molecule has 0 fully saturated rings. The summed E-state index contributed by atoms with van der Waals surface area (Å²) in [4.78, 5) is 18.0. The highest BCUT2D eigenvalue weighted by Crippen LogP contribution is 2.28. The fourth-order valence-corrected chi connectivity index (χ4v) is 4.33. The van der Waals surface area contributed by atoms with Gasteiger partial charge in [-0.15, -0.1) is 11.3 Å². The van der Waals surface area contributed by atoms with Gasteiger partial charge in [-0.25, -0.2) is 9.50 Å². The largest absolute Gasteiger partial charge is 0.325 e. The zero-order chi connectivity index (χ0) is 18.8. The van der Waals surface area contributed by atoms with E-state index < -0.39 is 0 Å². The predicted octanol–water partition coefficient (Wildman–Crippen LogP) is 4.81. The molecule has 1 aromatic carbocycles. The number of rotatable bonds is 5. The third kappa shape index (κ3) is 3.74. The smallest absolute Gasteiger partial charge is 0.234 e. The Morgan fingerprint density at radius 1 is 1.22 bits per heavy atom. The Kier molecular flexibility index (Phi) is 4.96. The van der Waals surface area contributed by atoms with Crippen LogP contribution in [-0.2, 0) is 4.79 Å². The van der Waals surface area contributed by atoms with Crippen LogP contribution in [0.25, 0.3) is 16.1 Å². The number of aryl methyl sites for hydroxylation is 2. The van der Waals surface area contributed by atoms with Crippen LogP contribution >= 0.6 is 23.1 Å². The third-order valence-electron chi connectivity index (χ3n) is 4.21. The van der Waals surface area contributed by atoms with Gasteiger partial charge in [0.15, 0.2) is 0 Å². The molecule has 1 amide bonds. The highest BCUT2D eigenvalue weighted by Gasteiger charge is 2.13. The van der Waals surface area contributed by atoms with Crippen molar-refractivity contribution in [3.8, 4) is 10.6 Å². The van der Waals surface area contributed by atoms with E-state index in [-0.39, 0.29) is 5.91 Å². The number of fused-ring (bicyclic) bond motifs is 1. The lowest BCUT2D eigenvalue weighted by molar-refractivity contribution is -0.113. The quantitative estimate of drug-likeness (QED) is 0.494. The van der Waals surface area contributed by atoms with Gasteiger partial charge in [-0.05, 0) is 42.5 Å². The molecule has 0 aliphatic heterocycles. The van der Waals surface area contributed by atoms with E-state index in [2.05, 4.69) is 15.4 Å². The summed E-state index contributed by atoms with van der Waals surface area (Å²) in [6.45, 7) is 3.99. The number of hydrogen-bond donors (Lipinski definition) is 1. The molecule has 0 aliphatic carbocycles. The fourth-order valence-electron chi connectivity index (χ4n) is 2.88. The van der Waals surface area contributed by atoms with Gasteiger partial charge in [0.25, 0.3) is 0 Å². The first-order valence-electron chi connectivity index (χ1n) is 8.49. The number of aromatic nitrogens is 3. The fraction of sp³-hybridized carbons (Fsp3) is 0.150. The summed E-state index contributed by atoms with van der Waals surface area (Å²) in [5.74, 6) is 0.249. The van der Waals surface area contributed by atoms with E-state index in [9.17, 15) is 4.79 Å². The van der Waals surface area contributed by atoms with Crippen molar-refractivity contribution in [2.45, 2.75) is 18.9 Å². The number of hydrogen-bond acceptors (Lipinski definition) is 5. The number of carbonyl (C=O) groups excluding carboxylic acids is 1. The van der Waals surface area contributed by atoms with E-state index in [1.54, 1.807) is 17.5 Å². The maximum atomic E-state index is 12.4. The monoisotopic (exact) mass is 394 g/mol. The van der Waals surface area contributed by atoms with Crippen molar-refractivity contribution in [3.63, 3.8) is 0 Å². The summed E-state index contributed by atoms with van der Waals surface area (Å²) >= 11 is 3.07. The maximum Gasteiger partial charge on any atom is 0.234 e. The Morgan fingerprint density at radius 3 is 2.78 bits per heavy atom. The molecule has 3 aromatic heterocycles. The van der Waals surface area contributed by atoms with E-state index in [4.69, 9.17) is 0 Å². The first-order valence-corrected chi connectivity index (χ1v) is 10.4. The van der Waals surface area contributed by atoms with Gasteiger partial charge in [-0.3, -0.25) is 4.79 Å². The molecule has 0 unspecified atom stereocenters. The van der Waals surface area contributed by atoms with Crippen LogP contribution in [0, 0.1) is 13.8 Å². The van der Waals surface area contributed by atoms with Crippen molar-refractivity contribution >= 4 is 40.2 Å². The zero-order valence-electron chi connectivity index (χ0n) is 15.0. The molecule has 0 saturated carbocycles. The van der Waals surface area contributed by atoms with Crippen LogP contribution in [0.5, 0.6) is 0 Å². The van der Waals surface area contributed by atoms with Gasteiger partial charge in [0, 0.05) is 18.1 Å². The molecule has 0 saturated heterocycles. The third-order valence-corrected chi connectivity index (χ3v) is 6.10. The SMILES string of the molecule is Cc1cccc(C)c1NC(=O)CSc1nccn2nc(-c3cccs3)cc12. The number of nitrogens with one attached hydrogen (secondary N) is 1. The number of thiophene rings is 1. The van der Waals surface area contributed by atoms with Gasteiger partial charge in [0.05, 0.1) is 16.1 Å². The molecule has 5 nitrogen and oxygen atoms in total. The number of carbonyl (C=O) groups is 1. The van der Waals surface area contributed by atoms with Gasteiger partial charge >= 0.3 is 0 Å². The second kappa shape index (κ2) is 7.54. The molecule has 4 rings (SSSR count). The Labute approximate surface area is 165 Å². The van der Waals surface area contributed by atoms with Gasteiger partial charge in [0.1, 0.15) is 10.7 Å². The van der Waals surface area contributed by atoms with Crippen LogP contribution in [0.2, 0.25) is 0 Å². The topological polar surface area (TPSA) is 59.3 Å². The number of thioether (sulfide) groups is 1. The Morgan fingerprint density at radius 2 is 2.04 bits per heavy atom. The number of benzene rings is 1. The van der Waals surface area contributed by atoms with Crippen molar-refractivity contribution < 1.29 is 4.79 Å². The van der Waals surface area contributed by atoms with Crippen molar-refractivity contribution in [2.75, 3.05) is 11.1 Å². The molecular weight excluding hydrogens is 376 g/mol. The Hall–Kier alpha value is -2.64. The Balaban J connectivity index is 1.51. The van der Waals surface area contributed by atoms with E-state index in [0.29, 0.717) is 5.75 Å². The summed E-state index contributed by atoms with van der Waals surface area (Å²) in [6, 6.07) is 12.1. The highest BCUT2D eigenvalue weighted by atomic mass is 32.2. The lowest BCUT2D eigenvalue weighted by atomic mass is 10.1. The molecule has 7 heteroatoms. The van der Waals surface area contributed by atoms with E-state index in [0.717, 1.165) is 37.9 Å². The first-order chi connectivity index (χ1) is 13.1. The van der Waals surface area contributed by atoms with Crippen LogP contribution in [0.1, 0.15) is 11.1 Å². The highest BCUT2D eigenvalue weighted by molar-refractivity contribution is 8.00. The minimum Gasteiger partial charge on any atom is -0.325 e. The second-order valence-corrected chi connectivity index (χ2v) is 8.08. The van der Waals surface area contributed by atoms with Gasteiger partial charge in [-0.2, -0.15) is 5.10 Å². The molecule has 0 atom stereocenters. The van der Waals surface area contributed by atoms with Crippen LogP contribution in [0.4, 0.5) is 5.69 Å². The molecule has 4 aromatic rings. The molecule has 0 spiro atoms. The molecule has 1 N–H and O–H groups in total. The molecule has 0 aliphatic rings. The number of para-hydroxylation sites is 1. The summed E-state index contributed by atoms with van der Waals surface area (Å²) in [5, 5.41) is 10.5. The number of anilines is 1. The summed E-state index contributed by atoms with van der Waals surface area (Å²) < 4.78 is 1.81. The van der Waals surface area contributed by atoms with Crippen LogP contribution in [0.15, 0.2) is 59.2 Å². The average molecular weight is 395 g/mol. The molecule has 0 bridgehead atoms. The van der Waals surface area contributed by atoms with E-state index in [1.165, 1.54) is 11.8 Å². The normalized spacial score (nSPS) is 11.0. The molecule has 27 heavy (non-hydrogen) atoms. The van der Waals surface area contributed by atoms with Gasteiger partial charge < -0.3 is 5.32 Å².